The number of carbonyl (C=O) groups excluding carboxylic acids is 1. The Kier molecular flexibility index (Phi) is 4.84. The van der Waals surface area contributed by atoms with Gasteiger partial charge in [0.15, 0.2) is 0 Å². The zero-order valence-electron chi connectivity index (χ0n) is 14.5. The number of nitrogens with zero attached hydrogens (tertiary/aromatic N) is 2. The Balaban J connectivity index is 1.81. The monoisotopic (exact) mass is 336 g/mol. The van der Waals surface area contributed by atoms with Crippen LogP contribution in [0.1, 0.15) is 15.9 Å². The van der Waals surface area contributed by atoms with E-state index >= 15 is 0 Å². The highest BCUT2D eigenvalue weighted by atomic mass is 16.5. The fraction of sp³-hybridized carbons (Fsp3) is 0.200. The lowest BCUT2D eigenvalue weighted by atomic mass is 10.1. The lowest BCUT2D eigenvalue weighted by Gasteiger charge is -2.18. The van der Waals surface area contributed by atoms with Crippen molar-refractivity contribution in [2.45, 2.75) is 6.54 Å². The van der Waals surface area contributed by atoms with Gasteiger partial charge >= 0.3 is 0 Å². The number of methoxy groups -OCH3 is 2. The van der Waals surface area contributed by atoms with Crippen LogP contribution >= 0.6 is 0 Å². The van der Waals surface area contributed by atoms with Gasteiger partial charge in [0.05, 0.1) is 14.2 Å². The molecule has 0 atom stereocenters. The first-order valence-electron chi connectivity index (χ1n) is 7.93. The van der Waals surface area contributed by atoms with Crippen molar-refractivity contribution in [2.24, 2.45) is 0 Å². The zero-order chi connectivity index (χ0) is 17.8. The minimum atomic E-state index is -0.125. The molecule has 1 amide bonds. The van der Waals surface area contributed by atoms with Gasteiger partial charge in [-0.1, -0.05) is 18.2 Å². The summed E-state index contributed by atoms with van der Waals surface area (Å²) in [5.74, 6) is 1.04. The number of amides is 1. The van der Waals surface area contributed by atoms with Gasteiger partial charge in [0.1, 0.15) is 11.3 Å². The molecule has 0 saturated heterocycles. The van der Waals surface area contributed by atoms with E-state index in [1.165, 1.54) is 7.11 Å². The standard InChI is InChI=1S/C20H20N2O3/c1-22(20(23)18-5-4-10-21-19(18)25-3)13-14-6-7-16-12-17(24-2)9-8-15(16)11-14/h4-12H,13H2,1-3H3. The largest absolute Gasteiger partial charge is 0.497 e. The third-order valence-electron chi connectivity index (χ3n) is 4.07. The van der Waals surface area contributed by atoms with E-state index in [1.54, 1.807) is 37.4 Å². The van der Waals surface area contributed by atoms with Crippen LogP contribution in [0.5, 0.6) is 11.6 Å². The number of hydrogen-bond donors (Lipinski definition) is 0. The molecular weight excluding hydrogens is 316 g/mol. The Morgan fingerprint density at radius 3 is 2.56 bits per heavy atom. The van der Waals surface area contributed by atoms with Crippen LogP contribution in [0.2, 0.25) is 0 Å². The van der Waals surface area contributed by atoms with Crippen molar-refractivity contribution >= 4 is 16.7 Å². The van der Waals surface area contributed by atoms with Crippen LogP contribution in [-0.4, -0.2) is 37.1 Å². The van der Waals surface area contributed by atoms with E-state index in [0.717, 1.165) is 22.1 Å². The summed E-state index contributed by atoms with van der Waals surface area (Å²) in [6.45, 7) is 0.499. The molecule has 128 valence electrons. The van der Waals surface area contributed by atoms with E-state index in [0.29, 0.717) is 18.0 Å². The van der Waals surface area contributed by atoms with Crippen molar-refractivity contribution in [3.05, 3.63) is 65.9 Å². The second kappa shape index (κ2) is 7.21. The smallest absolute Gasteiger partial charge is 0.259 e. The summed E-state index contributed by atoms with van der Waals surface area (Å²) in [4.78, 5) is 18.4. The van der Waals surface area contributed by atoms with Gasteiger partial charge in [0.2, 0.25) is 5.88 Å². The molecule has 5 heteroatoms. The number of carbonyl (C=O) groups is 1. The van der Waals surface area contributed by atoms with Crippen LogP contribution in [0.4, 0.5) is 0 Å². The van der Waals surface area contributed by atoms with Crippen molar-refractivity contribution in [2.75, 3.05) is 21.3 Å². The molecular formula is C20H20N2O3. The fourth-order valence-electron chi connectivity index (χ4n) is 2.77. The third kappa shape index (κ3) is 3.55. The predicted molar refractivity (Wildman–Crippen MR) is 97.1 cm³/mol. The van der Waals surface area contributed by atoms with Crippen molar-refractivity contribution in [1.82, 2.24) is 9.88 Å². The van der Waals surface area contributed by atoms with Gasteiger partial charge in [-0.3, -0.25) is 4.79 Å². The van der Waals surface area contributed by atoms with Gasteiger partial charge in [-0.05, 0) is 46.7 Å². The Labute approximate surface area is 146 Å². The molecule has 1 heterocycles. The molecule has 0 spiro atoms. The Bertz CT molecular complexity index is 908. The summed E-state index contributed by atoms with van der Waals surface area (Å²) in [5.41, 5.74) is 1.51. The first-order valence-corrected chi connectivity index (χ1v) is 7.93. The average molecular weight is 336 g/mol. The molecule has 0 fully saturated rings. The molecule has 0 aliphatic rings. The van der Waals surface area contributed by atoms with Crippen LogP contribution in [0.15, 0.2) is 54.7 Å². The van der Waals surface area contributed by atoms with Gasteiger partial charge in [0.25, 0.3) is 5.91 Å². The number of pyridine rings is 1. The summed E-state index contributed by atoms with van der Waals surface area (Å²) in [6.07, 6.45) is 1.60. The van der Waals surface area contributed by atoms with Crippen LogP contribution in [0, 0.1) is 0 Å². The van der Waals surface area contributed by atoms with E-state index in [1.807, 2.05) is 30.3 Å². The summed E-state index contributed by atoms with van der Waals surface area (Å²) in [5, 5.41) is 2.21. The molecule has 0 aliphatic heterocycles. The molecule has 0 N–H and O–H groups in total. The molecule has 0 bridgehead atoms. The fourth-order valence-corrected chi connectivity index (χ4v) is 2.77. The highest BCUT2D eigenvalue weighted by Crippen LogP contribution is 2.23. The average Bonchev–Trinajstić information content (AvgIpc) is 2.66. The van der Waals surface area contributed by atoms with Crippen molar-refractivity contribution < 1.29 is 14.3 Å². The number of fused-ring (bicyclic) bond motifs is 1. The quantitative estimate of drug-likeness (QED) is 0.715. The van der Waals surface area contributed by atoms with E-state index in [9.17, 15) is 4.79 Å². The molecule has 3 aromatic rings. The van der Waals surface area contributed by atoms with Crippen LogP contribution in [0.3, 0.4) is 0 Å². The summed E-state index contributed by atoms with van der Waals surface area (Å²) in [6, 6.07) is 15.5. The molecule has 1 aromatic heterocycles. The Morgan fingerprint density at radius 2 is 1.80 bits per heavy atom. The highest BCUT2D eigenvalue weighted by Gasteiger charge is 2.17. The number of aromatic nitrogens is 1. The second-order valence-corrected chi connectivity index (χ2v) is 5.77. The van der Waals surface area contributed by atoms with Gasteiger partial charge in [-0.2, -0.15) is 0 Å². The molecule has 0 aliphatic carbocycles. The topological polar surface area (TPSA) is 51.7 Å². The maximum absolute atomic E-state index is 12.7. The molecule has 25 heavy (non-hydrogen) atoms. The van der Waals surface area contributed by atoms with Crippen LogP contribution in [0.25, 0.3) is 10.8 Å². The van der Waals surface area contributed by atoms with Gasteiger partial charge in [-0.25, -0.2) is 4.98 Å². The van der Waals surface area contributed by atoms with E-state index < -0.39 is 0 Å². The van der Waals surface area contributed by atoms with Crippen LogP contribution in [-0.2, 0) is 6.54 Å². The second-order valence-electron chi connectivity index (χ2n) is 5.77. The Morgan fingerprint density at radius 1 is 1.04 bits per heavy atom. The molecule has 3 rings (SSSR count). The van der Waals surface area contributed by atoms with Crippen molar-refractivity contribution in [3.8, 4) is 11.6 Å². The zero-order valence-corrected chi connectivity index (χ0v) is 14.5. The Hall–Kier alpha value is -3.08. The number of rotatable bonds is 5. The van der Waals surface area contributed by atoms with Gasteiger partial charge < -0.3 is 14.4 Å². The lowest BCUT2D eigenvalue weighted by molar-refractivity contribution is 0.0781. The molecule has 0 saturated carbocycles. The maximum atomic E-state index is 12.7. The van der Waals surface area contributed by atoms with E-state index in [4.69, 9.17) is 9.47 Å². The van der Waals surface area contributed by atoms with Crippen LogP contribution < -0.4 is 9.47 Å². The van der Waals surface area contributed by atoms with Gasteiger partial charge in [0, 0.05) is 19.8 Å². The SMILES string of the molecule is COc1ccc2cc(CN(C)C(=O)c3cccnc3OC)ccc2c1. The summed E-state index contributed by atoms with van der Waals surface area (Å²) in [7, 11) is 4.94. The summed E-state index contributed by atoms with van der Waals surface area (Å²) >= 11 is 0. The first-order chi connectivity index (χ1) is 12.1. The first kappa shape index (κ1) is 16.8. The number of ether oxygens (including phenoxy) is 2. The summed E-state index contributed by atoms with van der Waals surface area (Å²) < 4.78 is 10.4. The van der Waals surface area contributed by atoms with Crippen molar-refractivity contribution in [3.63, 3.8) is 0 Å². The molecule has 2 aromatic carbocycles. The minimum absolute atomic E-state index is 0.125. The van der Waals surface area contributed by atoms with E-state index in [-0.39, 0.29) is 5.91 Å². The normalized spacial score (nSPS) is 10.5. The van der Waals surface area contributed by atoms with Crippen molar-refractivity contribution in [1.29, 1.82) is 0 Å². The predicted octanol–water partition coefficient (Wildman–Crippen LogP) is 3.52. The lowest BCUT2D eigenvalue weighted by Crippen LogP contribution is -2.26. The number of benzene rings is 2. The number of hydrogen-bond acceptors (Lipinski definition) is 4. The highest BCUT2D eigenvalue weighted by molar-refractivity contribution is 5.96. The van der Waals surface area contributed by atoms with Gasteiger partial charge in [-0.15, -0.1) is 0 Å². The maximum Gasteiger partial charge on any atom is 0.259 e. The molecule has 0 radical (unpaired) electrons. The molecule has 0 unspecified atom stereocenters. The minimum Gasteiger partial charge on any atom is -0.497 e. The molecule has 5 nitrogen and oxygen atoms in total. The van der Waals surface area contributed by atoms with E-state index in [2.05, 4.69) is 11.1 Å². The third-order valence-corrected chi connectivity index (χ3v) is 4.07.